The van der Waals surface area contributed by atoms with Crippen molar-refractivity contribution in [3.05, 3.63) is 58.4 Å². The van der Waals surface area contributed by atoms with Gasteiger partial charge in [-0.05, 0) is 37.6 Å². The lowest BCUT2D eigenvalue weighted by Gasteiger charge is -2.05. The van der Waals surface area contributed by atoms with Crippen LogP contribution < -0.4 is 5.32 Å². The third kappa shape index (κ3) is 4.21. The highest BCUT2D eigenvalue weighted by molar-refractivity contribution is 6.31. The molecule has 130 valence electrons. The topological polar surface area (TPSA) is 77.6 Å². The number of halogens is 2. The molecule has 0 aliphatic heterocycles. The Hall–Kier alpha value is -2.74. The molecule has 0 spiro atoms. The summed E-state index contributed by atoms with van der Waals surface area (Å²) in [6, 6.07) is 6.05. The number of carbonyl (C=O) groups excluding carboxylic acids is 1. The van der Waals surface area contributed by atoms with E-state index in [1.807, 2.05) is 19.9 Å². The van der Waals surface area contributed by atoms with E-state index in [0.717, 1.165) is 11.4 Å². The molecular formula is C16H16ClFN6O. The van der Waals surface area contributed by atoms with Crippen molar-refractivity contribution in [1.29, 1.82) is 0 Å². The number of carbonyl (C=O) groups is 1. The lowest BCUT2D eigenvalue weighted by atomic mass is 10.2. The number of nitrogens with zero attached hydrogens (tertiary/aromatic N) is 5. The summed E-state index contributed by atoms with van der Waals surface area (Å²) in [7, 11) is 0. The Kier molecular flexibility index (Phi) is 4.80. The summed E-state index contributed by atoms with van der Waals surface area (Å²) in [4.78, 5) is 16.1. The van der Waals surface area contributed by atoms with Crippen LogP contribution in [0.4, 0.5) is 10.3 Å². The first-order chi connectivity index (χ1) is 11.9. The summed E-state index contributed by atoms with van der Waals surface area (Å²) in [5.41, 5.74) is 2.45. The van der Waals surface area contributed by atoms with Gasteiger partial charge in [0.05, 0.1) is 12.2 Å². The van der Waals surface area contributed by atoms with Gasteiger partial charge in [0.2, 0.25) is 11.9 Å². The van der Waals surface area contributed by atoms with Crippen LogP contribution in [0, 0.1) is 19.7 Å². The van der Waals surface area contributed by atoms with Gasteiger partial charge in [0.15, 0.2) is 0 Å². The van der Waals surface area contributed by atoms with E-state index in [0.29, 0.717) is 17.1 Å². The minimum Gasteiger partial charge on any atom is -0.292 e. The van der Waals surface area contributed by atoms with Gasteiger partial charge >= 0.3 is 0 Å². The summed E-state index contributed by atoms with van der Waals surface area (Å²) in [5.74, 6) is -0.488. The lowest BCUT2D eigenvalue weighted by molar-refractivity contribution is -0.117. The molecule has 1 N–H and O–H groups in total. The highest BCUT2D eigenvalue weighted by Crippen LogP contribution is 2.18. The van der Waals surface area contributed by atoms with E-state index in [1.165, 1.54) is 23.1 Å². The number of aromatic nitrogens is 5. The standard InChI is InChI=1S/C16H16ClFN6O/c1-10-5-11(2)24(21-10)8-15(25)20-16-19-9-23(22-16)7-12-3-4-13(18)6-14(12)17/h3-6,9H,7-8H2,1-2H3,(H,20,22,25). The number of hydrogen-bond donors (Lipinski definition) is 1. The fourth-order valence-corrected chi connectivity index (χ4v) is 2.61. The Morgan fingerprint density at radius 2 is 2.08 bits per heavy atom. The minimum atomic E-state index is -0.399. The number of rotatable bonds is 5. The number of nitrogens with one attached hydrogen (secondary N) is 1. The Morgan fingerprint density at radius 1 is 1.28 bits per heavy atom. The molecule has 7 nitrogen and oxygen atoms in total. The second-order valence-electron chi connectivity index (χ2n) is 5.63. The molecule has 0 radical (unpaired) electrons. The van der Waals surface area contributed by atoms with E-state index >= 15 is 0 Å². The summed E-state index contributed by atoms with van der Waals surface area (Å²) in [5, 5.41) is 11.3. The van der Waals surface area contributed by atoms with Gasteiger partial charge in [0.25, 0.3) is 0 Å². The second-order valence-corrected chi connectivity index (χ2v) is 6.04. The van der Waals surface area contributed by atoms with Crippen LogP contribution in [-0.2, 0) is 17.9 Å². The first kappa shape index (κ1) is 17.1. The van der Waals surface area contributed by atoms with Gasteiger partial charge in [-0.15, -0.1) is 5.10 Å². The zero-order valence-electron chi connectivity index (χ0n) is 13.7. The lowest BCUT2D eigenvalue weighted by Crippen LogP contribution is -2.21. The molecule has 0 saturated carbocycles. The predicted molar refractivity (Wildman–Crippen MR) is 90.9 cm³/mol. The average molecular weight is 363 g/mol. The van der Waals surface area contributed by atoms with Crippen molar-refractivity contribution in [2.24, 2.45) is 0 Å². The SMILES string of the molecule is Cc1cc(C)n(CC(=O)Nc2ncn(Cc3ccc(F)cc3Cl)n2)n1. The van der Waals surface area contributed by atoms with Crippen LogP contribution in [0.25, 0.3) is 0 Å². The quantitative estimate of drug-likeness (QED) is 0.756. The molecule has 3 rings (SSSR count). The van der Waals surface area contributed by atoms with E-state index in [9.17, 15) is 9.18 Å². The van der Waals surface area contributed by atoms with Crippen LogP contribution >= 0.6 is 11.6 Å². The van der Waals surface area contributed by atoms with Crippen molar-refractivity contribution in [3.63, 3.8) is 0 Å². The largest absolute Gasteiger partial charge is 0.292 e. The molecule has 0 saturated heterocycles. The van der Waals surface area contributed by atoms with Gasteiger partial charge in [0, 0.05) is 10.7 Å². The number of hydrogen-bond acceptors (Lipinski definition) is 4. The van der Waals surface area contributed by atoms with Crippen molar-refractivity contribution in [2.45, 2.75) is 26.9 Å². The van der Waals surface area contributed by atoms with Crippen LogP contribution in [-0.4, -0.2) is 30.5 Å². The number of aryl methyl sites for hydroxylation is 2. The summed E-state index contributed by atoms with van der Waals surface area (Å²) in [6.07, 6.45) is 1.47. The maximum Gasteiger partial charge on any atom is 0.248 e. The molecule has 3 aromatic rings. The fraction of sp³-hybridized carbons (Fsp3) is 0.250. The highest BCUT2D eigenvalue weighted by Gasteiger charge is 2.11. The van der Waals surface area contributed by atoms with Crippen molar-refractivity contribution in [2.75, 3.05) is 5.32 Å². The Morgan fingerprint density at radius 3 is 2.76 bits per heavy atom. The van der Waals surface area contributed by atoms with Crippen molar-refractivity contribution >= 4 is 23.5 Å². The van der Waals surface area contributed by atoms with E-state index in [4.69, 9.17) is 11.6 Å². The molecule has 2 aromatic heterocycles. The first-order valence-corrected chi connectivity index (χ1v) is 7.93. The zero-order valence-corrected chi connectivity index (χ0v) is 14.5. The van der Waals surface area contributed by atoms with Crippen LogP contribution in [0.5, 0.6) is 0 Å². The maximum absolute atomic E-state index is 13.1. The van der Waals surface area contributed by atoms with Crippen molar-refractivity contribution in [1.82, 2.24) is 24.5 Å². The van der Waals surface area contributed by atoms with Gasteiger partial charge in [-0.3, -0.25) is 14.8 Å². The van der Waals surface area contributed by atoms with Crippen LogP contribution in [0.15, 0.2) is 30.6 Å². The molecule has 1 aromatic carbocycles. The monoisotopic (exact) mass is 362 g/mol. The van der Waals surface area contributed by atoms with E-state index in [2.05, 4.69) is 20.5 Å². The third-order valence-electron chi connectivity index (χ3n) is 3.53. The molecular weight excluding hydrogens is 347 g/mol. The van der Waals surface area contributed by atoms with Crippen LogP contribution in [0.3, 0.4) is 0 Å². The summed E-state index contributed by atoms with van der Waals surface area (Å²) in [6.45, 7) is 4.15. The highest BCUT2D eigenvalue weighted by atomic mass is 35.5. The smallest absolute Gasteiger partial charge is 0.248 e. The Balaban J connectivity index is 1.63. The predicted octanol–water partition coefficient (Wildman–Crippen LogP) is 2.57. The summed E-state index contributed by atoms with van der Waals surface area (Å²) >= 11 is 6.00. The molecule has 0 atom stereocenters. The van der Waals surface area contributed by atoms with Gasteiger partial charge in [-0.25, -0.2) is 14.1 Å². The van der Waals surface area contributed by atoms with E-state index in [-0.39, 0.29) is 18.4 Å². The molecule has 0 aliphatic rings. The first-order valence-electron chi connectivity index (χ1n) is 7.55. The Labute approximate surface area is 148 Å². The normalized spacial score (nSPS) is 10.9. The molecule has 25 heavy (non-hydrogen) atoms. The van der Waals surface area contributed by atoms with E-state index < -0.39 is 5.82 Å². The zero-order chi connectivity index (χ0) is 18.0. The minimum absolute atomic E-state index is 0.0814. The van der Waals surface area contributed by atoms with Gasteiger partial charge in [-0.1, -0.05) is 17.7 Å². The summed E-state index contributed by atoms with van der Waals surface area (Å²) < 4.78 is 16.2. The third-order valence-corrected chi connectivity index (χ3v) is 3.88. The van der Waals surface area contributed by atoms with Crippen LogP contribution in [0.2, 0.25) is 5.02 Å². The van der Waals surface area contributed by atoms with Gasteiger partial charge in [-0.2, -0.15) is 5.10 Å². The van der Waals surface area contributed by atoms with Gasteiger partial charge < -0.3 is 0 Å². The molecule has 9 heteroatoms. The maximum atomic E-state index is 13.1. The second kappa shape index (κ2) is 7.02. The Bertz CT molecular complexity index is 919. The van der Waals surface area contributed by atoms with Crippen molar-refractivity contribution < 1.29 is 9.18 Å². The van der Waals surface area contributed by atoms with Crippen molar-refractivity contribution in [3.8, 4) is 0 Å². The van der Waals surface area contributed by atoms with Crippen LogP contribution in [0.1, 0.15) is 17.0 Å². The molecule has 0 fully saturated rings. The average Bonchev–Trinajstić information content (AvgIpc) is 3.08. The molecule has 0 aliphatic carbocycles. The number of amides is 1. The molecule has 0 unspecified atom stereocenters. The molecule has 2 heterocycles. The number of benzene rings is 1. The molecule has 1 amide bonds. The number of anilines is 1. The fourth-order valence-electron chi connectivity index (χ4n) is 2.39. The van der Waals surface area contributed by atoms with E-state index in [1.54, 1.807) is 10.7 Å². The van der Waals surface area contributed by atoms with Gasteiger partial charge in [0.1, 0.15) is 18.7 Å². The molecule has 0 bridgehead atoms.